The van der Waals surface area contributed by atoms with Crippen molar-refractivity contribution in [1.29, 1.82) is 5.26 Å². The van der Waals surface area contributed by atoms with Gasteiger partial charge in [0.1, 0.15) is 0 Å². The van der Waals surface area contributed by atoms with E-state index in [1.807, 2.05) is 48.3 Å². The Morgan fingerprint density at radius 2 is 1.95 bits per heavy atom. The summed E-state index contributed by atoms with van der Waals surface area (Å²) < 4.78 is 1.96. The third-order valence-corrected chi connectivity index (χ3v) is 7.54. The van der Waals surface area contributed by atoms with Crippen LogP contribution in [0.15, 0.2) is 85.0 Å². The van der Waals surface area contributed by atoms with Gasteiger partial charge >= 0.3 is 0 Å². The third kappa shape index (κ3) is 8.18. The molecule has 0 saturated carbocycles. The molecular formula is C32H37ClN8O. The van der Waals surface area contributed by atoms with Crippen molar-refractivity contribution in [2.24, 2.45) is 12.8 Å². The number of hydrogen-bond donors (Lipinski definition) is 4. The first-order valence-corrected chi connectivity index (χ1v) is 14.2. The average Bonchev–Trinajstić information content (AvgIpc) is 3.37. The summed E-state index contributed by atoms with van der Waals surface area (Å²) >= 11 is 6.28. The molecule has 6 rings (SSSR count). The number of nitrogens with zero attached hydrogens (tertiary/aromatic N) is 4. The smallest absolute Gasteiger partial charge is 0.211 e. The zero-order chi connectivity index (χ0) is 29.9. The summed E-state index contributed by atoms with van der Waals surface area (Å²) in [6.45, 7) is 4.74. The van der Waals surface area contributed by atoms with Crippen LogP contribution in [-0.4, -0.2) is 60.1 Å². The number of aromatic nitrogens is 2. The summed E-state index contributed by atoms with van der Waals surface area (Å²) in [7, 11) is 4.12. The zero-order valence-electron chi connectivity index (χ0n) is 23.9. The molecule has 3 aliphatic rings. The Hall–Kier alpha value is -4.20. The second-order valence-corrected chi connectivity index (χ2v) is 10.7. The number of carbonyl (C=O) groups excluding carboxylic acids is 1. The number of aryl methyl sites for hydroxylation is 1. The lowest BCUT2D eigenvalue weighted by molar-refractivity contribution is -0.105. The van der Waals surface area contributed by atoms with E-state index in [1.165, 1.54) is 24.2 Å². The number of halogens is 1. The molecule has 10 heteroatoms. The van der Waals surface area contributed by atoms with Crippen molar-refractivity contribution in [2.75, 3.05) is 38.5 Å². The van der Waals surface area contributed by atoms with Crippen LogP contribution in [0.3, 0.4) is 0 Å². The van der Waals surface area contributed by atoms with Crippen LogP contribution in [0, 0.1) is 11.3 Å². The topological polar surface area (TPSA) is 124 Å². The van der Waals surface area contributed by atoms with Crippen LogP contribution in [0.1, 0.15) is 28.4 Å². The summed E-state index contributed by atoms with van der Waals surface area (Å²) in [5.41, 5.74) is 13.6. The zero-order valence-corrected chi connectivity index (χ0v) is 24.7. The number of hydrogen-bond acceptors (Lipinski definition) is 7. The predicted octanol–water partition coefficient (Wildman–Crippen LogP) is 3.77. The molecule has 0 spiro atoms. The van der Waals surface area contributed by atoms with Gasteiger partial charge in [0, 0.05) is 43.9 Å². The highest BCUT2D eigenvalue weighted by molar-refractivity contribution is 6.30. The minimum atomic E-state index is -0.264. The van der Waals surface area contributed by atoms with E-state index in [9.17, 15) is 4.79 Å². The highest BCUT2D eigenvalue weighted by atomic mass is 35.5. The Morgan fingerprint density at radius 1 is 1.19 bits per heavy atom. The molecule has 5 N–H and O–H groups in total. The lowest BCUT2D eigenvalue weighted by Gasteiger charge is -2.21. The number of dihydropyridines is 1. The molecule has 2 aliphatic heterocycles. The molecule has 2 unspecified atom stereocenters. The van der Waals surface area contributed by atoms with Crippen molar-refractivity contribution in [3.05, 3.63) is 112 Å². The Labute approximate surface area is 252 Å². The Morgan fingerprint density at radius 3 is 2.57 bits per heavy atom. The number of rotatable bonds is 4. The molecule has 1 saturated heterocycles. The molecule has 3 heterocycles. The molecular weight excluding hydrogens is 548 g/mol. The predicted molar refractivity (Wildman–Crippen MR) is 169 cm³/mol. The van der Waals surface area contributed by atoms with Crippen LogP contribution in [0.5, 0.6) is 0 Å². The number of benzene rings is 2. The molecule has 3 aromatic rings. The molecule has 1 aliphatic carbocycles. The van der Waals surface area contributed by atoms with Crippen LogP contribution in [0.2, 0.25) is 5.02 Å². The van der Waals surface area contributed by atoms with Crippen molar-refractivity contribution in [3.63, 3.8) is 0 Å². The van der Waals surface area contributed by atoms with Crippen molar-refractivity contribution in [2.45, 2.75) is 18.5 Å². The van der Waals surface area contributed by atoms with Crippen LogP contribution < -0.4 is 21.7 Å². The van der Waals surface area contributed by atoms with Gasteiger partial charge in [0.25, 0.3) is 0 Å². The van der Waals surface area contributed by atoms with Gasteiger partial charge in [0.05, 0.1) is 41.9 Å². The molecule has 1 aromatic heterocycles. The highest BCUT2D eigenvalue weighted by Gasteiger charge is 2.26. The minimum absolute atomic E-state index is 0.256. The Balaban J connectivity index is 0.000000185. The van der Waals surface area contributed by atoms with Gasteiger partial charge in [-0.05, 0) is 84.4 Å². The maximum Gasteiger partial charge on any atom is 0.211 e. The first-order valence-electron chi connectivity index (χ1n) is 13.8. The molecule has 0 radical (unpaired) electrons. The lowest BCUT2D eigenvalue weighted by atomic mass is 9.93. The number of allylic oxidation sites excluding steroid dienone is 2. The summed E-state index contributed by atoms with van der Waals surface area (Å²) in [6.07, 6.45) is 13.5. The van der Waals surface area contributed by atoms with E-state index in [1.54, 1.807) is 30.6 Å². The molecule has 1 amide bonds. The van der Waals surface area contributed by atoms with Gasteiger partial charge in [0.2, 0.25) is 6.41 Å². The number of anilines is 1. The Kier molecular flexibility index (Phi) is 11.1. The van der Waals surface area contributed by atoms with Crippen molar-refractivity contribution in [1.82, 2.24) is 25.1 Å². The van der Waals surface area contributed by atoms with Gasteiger partial charge in [-0.3, -0.25) is 4.79 Å². The summed E-state index contributed by atoms with van der Waals surface area (Å²) in [5.74, 6) is 0. The normalized spacial score (nSPS) is 17.9. The van der Waals surface area contributed by atoms with Crippen LogP contribution >= 0.6 is 11.6 Å². The quantitative estimate of drug-likeness (QED) is 0.344. The monoisotopic (exact) mass is 584 g/mol. The summed E-state index contributed by atoms with van der Waals surface area (Å²) in [4.78, 5) is 16.5. The van der Waals surface area contributed by atoms with Gasteiger partial charge in [0.15, 0.2) is 0 Å². The van der Waals surface area contributed by atoms with Crippen molar-refractivity contribution >= 4 is 29.3 Å². The number of fused-ring (bicyclic) bond motifs is 2. The van der Waals surface area contributed by atoms with E-state index in [-0.39, 0.29) is 12.1 Å². The fourth-order valence-corrected chi connectivity index (χ4v) is 5.08. The minimum Gasteiger partial charge on any atom is -0.384 e. The largest absolute Gasteiger partial charge is 0.384 e. The van der Waals surface area contributed by atoms with Gasteiger partial charge in [-0.15, -0.1) is 0 Å². The first kappa shape index (κ1) is 30.8. The lowest BCUT2D eigenvalue weighted by Crippen LogP contribution is -2.40. The number of nitrogens with two attached hydrogens (primary N) is 1. The number of nitriles is 1. The van der Waals surface area contributed by atoms with E-state index in [2.05, 4.69) is 51.1 Å². The van der Waals surface area contributed by atoms with Gasteiger partial charge < -0.3 is 31.2 Å². The van der Waals surface area contributed by atoms with E-state index >= 15 is 0 Å². The second kappa shape index (κ2) is 15.1. The van der Waals surface area contributed by atoms with Gasteiger partial charge in [-0.2, -0.15) is 5.26 Å². The molecule has 2 aromatic carbocycles. The maximum atomic E-state index is 9.95. The summed E-state index contributed by atoms with van der Waals surface area (Å²) in [6, 6.07) is 14.7. The van der Waals surface area contributed by atoms with E-state index in [0.29, 0.717) is 17.7 Å². The van der Waals surface area contributed by atoms with Crippen LogP contribution in [0.4, 0.5) is 5.69 Å². The maximum absolute atomic E-state index is 9.95. The van der Waals surface area contributed by atoms with Gasteiger partial charge in [-0.1, -0.05) is 29.8 Å². The Bertz CT molecular complexity index is 1480. The molecule has 42 heavy (non-hydrogen) atoms. The third-order valence-electron chi connectivity index (χ3n) is 7.30. The molecule has 1 fully saturated rings. The number of likely N-dealkylation sites (N-methyl/N-ethyl adjacent to an activating group) is 1. The number of imidazole rings is 1. The highest BCUT2D eigenvalue weighted by Crippen LogP contribution is 2.37. The van der Waals surface area contributed by atoms with E-state index < -0.39 is 0 Å². The second-order valence-electron chi connectivity index (χ2n) is 10.3. The number of carbonyl (C=O) groups is 1. The number of piperazine rings is 1. The van der Waals surface area contributed by atoms with E-state index in [0.717, 1.165) is 41.4 Å². The number of amides is 1. The molecule has 218 valence electrons. The van der Waals surface area contributed by atoms with Crippen LogP contribution in [-0.2, 0) is 18.3 Å². The standard InChI is InChI=1S/C19H19ClN4.C8H6N2O.C5H12N2/c1-24-11-22-10-18(24)19(21)16-7-13-3-2-6-23-17(13)8-12-4-5-14(20)9-15(12)16;9-5-7-1-3-8(4-2-7)10-6-11;1-7-4-2-6-3-5-7/h2-7,9-11,17,19,23H,8,21H2,1H3;1-4,6H,(H,10,11);6H,2-5H2,1H3. The van der Waals surface area contributed by atoms with E-state index in [4.69, 9.17) is 22.6 Å². The van der Waals surface area contributed by atoms with Gasteiger partial charge in [-0.25, -0.2) is 4.98 Å². The number of nitrogens with one attached hydrogen (secondary N) is 3. The fourth-order valence-electron chi connectivity index (χ4n) is 4.91. The first-order chi connectivity index (χ1) is 20.4. The molecule has 0 bridgehead atoms. The molecule has 2 atom stereocenters. The molecule has 9 nitrogen and oxygen atoms in total. The summed E-state index contributed by atoms with van der Waals surface area (Å²) in [5, 5.41) is 18.3. The van der Waals surface area contributed by atoms with Crippen LogP contribution in [0.25, 0.3) is 5.57 Å². The fraction of sp³-hybridized carbons (Fsp3) is 0.281. The SMILES string of the molecule is CN1CCNCC1.Cn1cncc1C(N)C1=CC2=CC=CNC2Cc2ccc(Cl)cc21.N#Cc1ccc(NC=O)cc1. The van der Waals surface area contributed by atoms with Crippen molar-refractivity contribution < 1.29 is 4.79 Å². The van der Waals surface area contributed by atoms with Crippen molar-refractivity contribution in [3.8, 4) is 6.07 Å². The average molecular weight is 585 g/mol.